The molecule has 2 aromatic carbocycles. The van der Waals surface area contributed by atoms with Crippen LogP contribution in [0.3, 0.4) is 0 Å². The summed E-state index contributed by atoms with van der Waals surface area (Å²) < 4.78 is 20.4. The van der Waals surface area contributed by atoms with Crippen LogP contribution in [0.5, 0.6) is 5.75 Å². The Bertz CT molecular complexity index is 1100. The van der Waals surface area contributed by atoms with Crippen LogP contribution in [0.15, 0.2) is 60.8 Å². The minimum Gasteiger partial charge on any atom is -0.492 e. The Morgan fingerprint density at radius 1 is 1.09 bits per heavy atom. The van der Waals surface area contributed by atoms with Crippen LogP contribution >= 0.6 is 11.6 Å². The predicted molar refractivity (Wildman–Crippen MR) is 127 cm³/mol. The highest BCUT2D eigenvalue weighted by atomic mass is 35.5. The number of benzene rings is 2. The average molecular weight is 449 g/mol. The normalized spacial score (nSPS) is 15.9. The SMILES string of the molecule is CC[C@@H]1CCCN1CCOc1ccc(C#Cc2ncc(-c3ccc(Cl)cc3)cc2F)cc1. The summed E-state index contributed by atoms with van der Waals surface area (Å²) in [6, 6.07) is 16.9. The summed E-state index contributed by atoms with van der Waals surface area (Å²) in [4.78, 5) is 6.70. The number of pyridine rings is 1. The van der Waals surface area contributed by atoms with Gasteiger partial charge in [-0.2, -0.15) is 0 Å². The van der Waals surface area contributed by atoms with Gasteiger partial charge in [-0.1, -0.05) is 36.6 Å². The fraction of sp³-hybridized carbons (Fsp3) is 0.296. The van der Waals surface area contributed by atoms with Gasteiger partial charge >= 0.3 is 0 Å². The molecular formula is C27H26ClFN2O. The quantitative estimate of drug-likeness (QED) is 0.420. The van der Waals surface area contributed by atoms with Crippen molar-refractivity contribution in [1.29, 1.82) is 0 Å². The first-order chi connectivity index (χ1) is 15.6. The Labute approximate surface area is 194 Å². The molecule has 32 heavy (non-hydrogen) atoms. The van der Waals surface area contributed by atoms with E-state index in [2.05, 4.69) is 28.6 Å². The zero-order valence-electron chi connectivity index (χ0n) is 18.2. The van der Waals surface area contributed by atoms with Crippen LogP contribution in [0.2, 0.25) is 5.02 Å². The van der Waals surface area contributed by atoms with E-state index in [9.17, 15) is 4.39 Å². The highest BCUT2D eigenvalue weighted by Crippen LogP contribution is 2.22. The van der Waals surface area contributed by atoms with Gasteiger partial charge < -0.3 is 4.74 Å². The van der Waals surface area contributed by atoms with E-state index in [4.69, 9.17) is 16.3 Å². The Hall–Kier alpha value is -2.87. The van der Waals surface area contributed by atoms with Gasteiger partial charge in [-0.05, 0) is 79.8 Å². The molecule has 5 heteroatoms. The van der Waals surface area contributed by atoms with Crippen LogP contribution in [0.4, 0.5) is 4.39 Å². The van der Waals surface area contributed by atoms with Crippen LogP contribution in [0.25, 0.3) is 11.1 Å². The first kappa shape index (κ1) is 22.3. The fourth-order valence-corrected chi connectivity index (χ4v) is 4.15. The molecule has 2 heterocycles. The van der Waals surface area contributed by atoms with E-state index in [1.54, 1.807) is 18.3 Å². The lowest BCUT2D eigenvalue weighted by Gasteiger charge is -2.23. The summed E-state index contributed by atoms with van der Waals surface area (Å²) in [5, 5.41) is 0.637. The highest BCUT2D eigenvalue weighted by Gasteiger charge is 2.22. The second-order valence-corrected chi connectivity index (χ2v) is 8.36. The second-order valence-electron chi connectivity index (χ2n) is 7.92. The number of rotatable bonds is 6. The van der Waals surface area contributed by atoms with E-state index in [-0.39, 0.29) is 5.69 Å². The molecule has 3 aromatic rings. The molecule has 0 unspecified atom stereocenters. The molecule has 0 saturated carbocycles. The number of ether oxygens (including phenoxy) is 1. The van der Waals surface area contributed by atoms with Gasteiger partial charge in [-0.25, -0.2) is 9.37 Å². The number of likely N-dealkylation sites (tertiary alicyclic amines) is 1. The van der Waals surface area contributed by atoms with Gasteiger partial charge in [0.05, 0.1) is 0 Å². The fourth-order valence-electron chi connectivity index (χ4n) is 4.03. The summed E-state index contributed by atoms with van der Waals surface area (Å²) in [6.45, 7) is 5.05. The first-order valence-corrected chi connectivity index (χ1v) is 11.4. The summed E-state index contributed by atoms with van der Waals surface area (Å²) in [6.07, 6.45) is 5.40. The third-order valence-corrected chi connectivity index (χ3v) is 6.07. The second kappa shape index (κ2) is 10.6. The molecule has 0 aliphatic carbocycles. The number of nitrogens with zero attached hydrogens (tertiary/aromatic N) is 2. The van der Waals surface area contributed by atoms with Crippen molar-refractivity contribution in [3.63, 3.8) is 0 Å². The third kappa shape index (κ3) is 5.68. The molecule has 1 saturated heterocycles. The van der Waals surface area contributed by atoms with Crippen LogP contribution in [0.1, 0.15) is 37.4 Å². The minimum absolute atomic E-state index is 0.124. The molecule has 1 aliphatic heterocycles. The van der Waals surface area contributed by atoms with E-state index in [0.29, 0.717) is 23.2 Å². The molecule has 164 valence electrons. The van der Waals surface area contributed by atoms with Gasteiger partial charge in [0, 0.05) is 34.9 Å². The monoisotopic (exact) mass is 448 g/mol. The maximum absolute atomic E-state index is 14.5. The summed E-state index contributed by atoms with van der Waals surface area (Å²) >= 11 is 5.91. The molecule has 1 aromatic heterocycles. The standard InChI is InChI=1S/C27H26ClFN2O/c1-2-24-4-3-15-31(24)16-17-32-25-12-5-20(6-13-25)7-14-27-26(29)18-22(19-30-27)21-8-10-23(28)11-9-21/h5-6,8-13,18-19,24H,2-4,15-17H2,1H3/t24-/m1/s1. The van der Waals surface area contributed by atoms with Crippen LogP contribution < -0.4 is 4.74 Å². The molecule has 4 rings (SSSR count). The molecule has 0 bridgehead atoms. The van der Waals surface area contributed by atoms with Crippen molar-refractivity contribution in [2.24, 2.45) is 0 Å². The number of hydrogen-bond acceptors (Lipinski definition) is 3. The van der Waals surface area contributed by atoms with Crippen LogP contribution in [0, 0.1) is 17.7 Å². The minimum atomic E-state index is -0.447. The Morgan fingerprint density at radius 2 is 1.88 bits per heavy atom. The molecule has 0 amide bonds. The molecule has 3 nitrogen and oxygen atoms in total. The molecule has 1 atom stereocenters. The van der Waals surface area contributed by atoms with Gasteiger partial charge in [0.15, 0.2) is 5.82 Å². The Balaban J connectivity index is 1.35. The zero-order valence-corrected chi connectivity index (χ0v) is 18.9. The van der Waals surface area contributed by atoms with E-state index in [1.807, 2.05) is 36.4 Å². The van der Waals surface area contributed by atoms with E-state index in [1.165, 1.54) is 31.9 Å². The number of hydrogen-bond donors (Lipinski definition) is 0. The maximum atomic E-state index is 14.5. The van der Waals surface area contributed by atoms with Gasteiger partial charge in [0.2, 0.25) is 0 Å². The lowest BCUT2D eigenvalue weighted by Crippen LogP contribution is -2.32. The molecule has 0 radical (unpaired) electrons. The topological polar surface area (TPSA) is 25.4 Å². The molecule has 1 fully saturated rings. The molecule has 1 aliphatic rings. The van der Waals surface area contributed by atoms with Gasteiger partial charge in [0.1, 0.15) is 18.1 Å². The van der Waals surface area contributed by atoms with Crippen molar-refractivity contribution in [3.8, 4) is 28.7 Å². The van der Waals surface area contributed by atoms with Crippen molar-refractivity contribution in [2.75, 3.05) is 19.7 Å². The largest absolute Gasteiger partial charge is 0.492 e. The van der Waals surface area contributed by atoms with Crippen LogP contribution in [-0.4, -0.2) is 35.6 Å². The predicted octanol–water partition coefficient (Wildman–Crippen LogP) is 6.19. The van der Waals surface area contributed by atoms with E-state index < -0.39 is 5.82 Å². The van der Waals surface area contributed by atoms with Crippen molar-refractivity contribution < 1.29 is 9.13 Å². The Kier molecular flexibility index (Phi) is 7.42. The molecular weight excluding hydrogens is 423 g/mol. The lowest BCUT2D eigenvalue weighted by molar-refractivity contribution is 0.193. The van der Waals surface area contributed by atoms with Crippen molar-refractivity contribution in [3.05, 3.63) is 82.9 Å². The number of aromatic nitrogens is 1. The summed E-state index contributed by atoms with van der Waals surface area (Å²) in [5.74, 6) is 6.17. The van der Waals surface area contributed by atoms with Gasteiger partial charge in [0.25, 0.3) is 0 Å². The summed E-state index contributed by atoms with van der Waals surface area (Å²) in [7, 11) is 0. The maximum Gasteiger partial charge on any atom is 0.158 e. The average Bonchev–Trinajstić information content (AvgIpc) is 3.27. The van der Waals surface area contributed by atoms with Crippen molar-refractivity contribution in [1.82, 2.24) is 9.88 Å². The van der Waals surface area contributed by atoms with E-state index in [0.717, 1.165) is 23.4 Å². The van der Waals surface area contributed by atoms with Crippen LogP contribution in [-0.2, 0) is 0 Å². The first-order valence-electron chi connectivity index (χ1n) is 11.0. The smallest absolute Gasteiger partial charge is 0.158 e. The van der Waals surface area contributed by atoms with Crippen molar-refractivity contribution >= 4 is 11.6 Å². The lowest BCUT2D eigenvalue weighted by atomic mass is 10.1. The Morgan fingerprint density at radius 3 is 2.59 bits per heavy atom. The molecule has 0 N–H and O–H groups in total. The van der Waals surface area contributed by atoms with Gasteiger partial charge in [-0.3, -0.25) is 4.90 Å². The zero-order chi connectivity index (χ0) is 22.3. The van der Waals surface area contributed by atoms with Crippen molar-refractivity contribution in [2.45, 2.75) is 32.2 Å². The molecule has 0 spiro atoms. The number of halogens is 2. The third-order valence-electron chi connectivity index (χ3n) is 5.82. The van der Waals surface area contributed by atoms with E-state index >= 15 is 0 Å². The highest BCUT2D eigenvalue weighted by molar-refractivity contribution is 6.30. The van der Waals surface area contributed by atoms with Gasteiger partial charge in [-0.15, -0.1) is 0 Å². The summed E-state index contributed by atoms with van der Waals surface area (Å²) in [5.41, 5.74) is 2.45.